The minimum absolute atomic E-state index is 0.000400. The van der Waals surface area contributed by atoms with Gasteiger partial charge < -0.3 is 85.3 Å². The Bertz CT molecular complexity index is 2600. The van der Waals surface area contributed by atoms with Crippen molar-refractivity contribution >= 4 is 69.9 Å². The number of anilines is 2. The Morgan fingerprint density at radius 2 is 1.16 bits per heavy atom. The van der Waals surface area contributed by atoms with Gasteiger partial charge in [-0.25, -0.2) is 20.7 Å². The number of rotatable bonds is 55. The zero-order chi connectivity index (χ0) is 64.0. The Balaban J connectivity index is 1.11. The molecule has 2 aromatic heterocycles. The monoisotopic (exact) mass is 1250 g/mol. The van der Waals surface area contributed by atoms with Crippen LogP contribution in [0, 0.1) is 5.92 Å². The third-order valence-corrected chi connectivity index (χ3v) is 12.8. The fourth-order valence-corrected chi connectivity index (χ4v) is 8.15. The molecule has 0 aliphatic heterocycles. The average Bonchev–Trinajstić information content (AvgIpc) is 3.16. The van der Waals surface area contributed by atoms with Gasteiger partial charge in [0, 0.05) is 63.4 Å². The molecule has 4 amide bonds. The smallest absolute Gasteiger partial charge is 0.326 e. The largest absolute Gasteiger partial charge is 0.481 e. The molecule has 0 bridgehead atoms. The molecule has 0 unspecified atom stereocenters. The minimum Gasteiger partial charge on any atom is -0.481 e. The third kappa shape index (κ3) is 35.6. The number of hydrogen-bond donors (Lipinski definition) is 10. The van der Waals surface area contributed by atoms with E-state index in [2.05, 4.69) is 51.4 Å². The van der Waals surface area contributed by atoms with Crippen molar-refractivity contribution in [2.24, 2.45) is 11.8 Å². The summed E-state index contributed by atoms with van der Waals surface area (Å²) in [5, 5.41) is 33.3. The molecule has 0 aliphatic rings. The number of fused-ring (bicyclic) bond motifs is 1. The van der Waals surface area contributed by atoms with E-state index in [0.29, 0.717) is 149 Å². The number of benzene rings is 1. The molecule has 0 saturated carbocycles. The van der Waals surface area contributed by atoms with Crippen LogP contribution < -0.4 is 43.8 Å². The van der Waals surface area contributed by atoms with Gasteiger partial charge in [-0.1, -0.05) is 12.8 Å². The first kappa shape index (κ1) is 75.1. The Hall–Kier alpha value is -7.20. The number of hydrogen-bond acceptors (Lipinski definition) is 24. The van der Waals surface area contributed by atoms with Gasteiger partial charge in [-0.3, -0.25) is 43.3 Å². The van der Waals surface area contributed by atoms with Crippen LogP contribution in [0.3, 0.4) is 0 Å². The third-order valence-electron chi connectivity index (χ3n) is 12.8. The number of amides is 4. The lowest BCUT2D eigenvalue weighted by Crippen LogP contribution is -2.46. The predicted octanol–water partition coefficient (Wildman–Crippen LogP) is 0.761. The van der Waals surface area contributed by atoms with Crippen molar-refractivity contribution in [1.29, 1.82) is 0 Å². The Labute approximate surface area is 510 Å². The van der Waals surface area contributed by atoms with Gasteiger partial charge in [0.2, 0.25) is 23.7 Å². The highest BCUT2D eigenvalue weighted by Gasteiger charge is 2.25. The summed E-state index contributed by atoms with van der Waals surface area (Å²) in [6.45, 7) is 7.87. The van der Waals surface area contributed by atoms with Crippen molar-refractivity contribution in [3.05, 3.63) is 52.1 Å². The van der Waals surface area contributed by atoms with E-state index in [1.165, 1.54) is 25.3 Å². The van der Waals surface area contributed by atoms with Crippen molar-refractivity contribution in [2.75, 3.05) is 136 Å². The van der Waals surface area contributed by atoms with Gasteiger partial charge in [0.1, 0.15) is 23.7 Å². The van der Waals surface area contributed by atoms with Crippen LogP contribution in [-0.2, 0) is 82.8 Å². The first-order valence-corrected chi connectivity index (χ1v) is 29.5. The normalized spacial score (nSPS) is 12.2. The molecule has 0 aliphatic carbocycles. The summed E-state index contributed by atoms with van der Waals surface area (Å²) in [4.78, 5) is 130. The van der Waals surface area contributed by atoms with E-state index in [4.69, 9.17) is 49.5 Å². The number of aromatic amines is 1. The van der Waals surface area contributed by atoms with E-state index in [9.17, 15) is 53.4 Å². The molecule has 0 saturated heterocycles. The number of nitrogens with zero attached hydrogens (tertiary/aromatic N) is 3. The molecule has 3 aromatic rings. The van der Waals surface area contributed by atoms with Crippen LogP contribution in [0.4, 0.5) is 11.6 Å². The van der Waals surface area contributed by atoms with Crippen molar-refractivity contribution in [2.45, 2.75) is 109 Å². The lowest BCUT2D eigenvalue weighted by molar-refractivity contribution is -0.144. The fraction of sp³-hybridized carbons (Fsp3) is 0.649. The molecule has 0 fully saturated rings. The van der Waals surface area contributed by atoms with Crippen molar-refractivity contribution in [3.8, 4) is 0 Å². The maximum absolute atomic E-state index is 12.9. The van der Waals surface area contributed by atoms with E-state index in [0.717, 1.165) is 0 Å². The number of H-pyrrole nitrogens is 1. The van der Waals surface area contributed by atoms with Gasteiger partial charge in [-0.15, -0.1) is 0 Å². The number of nitrogen functional groups attached to an aromatic ring is 1. The summed E-state index contributed by atoms with van der Waals surface area (Å²) in [6.07, 6.45) is 4.72. The molecule has 12 N–H and O–H groups in total. The Morgan fingerprint density at radius 1 is 0.580 bits per heavy atom. The van der Waals surface area contributed by atoms with Gasteiger partial charge >= 0.3 is 11.9 Å². The fourth-order valence-electron chi connectivity index (χ4n) is 8.15. The molecule has 0 spiro atoms. The number of carbonyl (C=O) groups excluding carboxylic acids is 6. The summed E-state index contributed by atoms with van der Waals surface area (Å²) in [5.41, 5.74) is 6.31. The van der Waals surface area contributed by atoms with Crippen molar-refractivity contribution in [3.63, 3.8) is 0 Å². The summed E-state index contributed by atoms with van der Waals surface area (Å²) in [6, 6.07) is 3.99. The zero-order valence-corrected chi connectivity index (χ0v) is 50.2. The average molecular weight is 1250 g/mol. The van der Waals surface area contributed by atoms with Crippen molar-refractivity contribution < 1.29 is 91.3 Å². The molecule has 1 aromatic carbocycles. The van der Waals surface area contributed by atoms with E-state index < -0.39 is 47.2 Å². The second-order valence-electron chi connectivity index (χ2n) is 19.9. The van der Waals surface area contributed by atoms with E-state index >= 15 is 0 Å². The van der Waals surface area contributed by atoms with Crippen LogP contribution in [0.2, 0.25) is 0 Å². The second kappa shape index (κ2) is 46.9. The molecular formula is C57H89N11O20. The van der Waals surface area contributed by atoms with E-state index in [-0.39, 0.29) is 124 Å². The maximum atomic E-state index is 12.9. The van der Waals surface area contributed by atoms with E-state index in [1.807, 2.05) is 0 Å². The van der Waals surface area contributed by atoms with Crippen LogP contribution in [-0.4, -0.2) is 215 Å². The number of unbranched alkanes of at least 4 members (excludes halogenated alkanes) is 3. The van der Waals surface area contributed by atoms with E-state index in [1.54, 1.807) is 12.1 Å². The molecule has 2 heterocycles. The lowest BCUT2D eigenvalue weighted by Gasteiger charge is -2.17. The van der Waals surface area contributed by atoms with Crippen LogP contribution in [0.25, 0.3) is 11.2 Å². The second-order valence-corrected chi connectivity index (χ2v) is 19.9. The van der Waals surface area contributed by atoms with Gasteiger partial charge in [0.15, 0.2) is 11.2 Å². The molecular weight excluding hydrogens is 1160 g/mol. The minimum atomic E-state index is -1.41. The topological polar surface area (TPSA) is 444 Å². The Morgan fingerprint density at radius 3 is 1.75 bits per heavy atom. The highest BCUT2D eigenvalue weighted by atomic mass is 16.6. The number of Topliss-reactive ketones (excluding diaryl/α,β-unsaturated/α-hetero) is 2. The number of aliphatic carboxylic acids is 2. The molecule has 0 radical (unpaired) electrons. The van der Waals surface area contributed by atoms with Gasteiger partial charge in [-0.05, 0) is 62.8 Å². The quantitative estimate of drug-likeness (QED) is 0.0275. The van der Waals surface area contributed by atoms with Crippen LogP contribution in [0.15, 0.2) is 35.3 Å². The number of ether oxygens (including phenoxy) is 8. The summed E-state index contributed by atoms with van der Waals surface area (Å²) in [5.74, 6) is -0.622. The SMILES string of the molecule is CC(=O)N[C@@H](CCCCNC(=O)CCOCCOCCOCCOCCON)C(=O)NCCOCCOCCOCCOCCC(=O)CCCCC[C@H](CC(=O)CC[C@H](NC(=O)c1ccc(NCc2cnc3nc(N)[nH]c(=O)c3n2)cc1)C(=O)O)C(=O)O. The molecule has 492 valence electrons. The highest BCUT2D eigenvalue weighted by molar-refractivity contribution is 5.97. The molecule has 88 heavy (non-hydrogen) atoms. The number of carbonyl (C=O) groups is 8. The zero-order valence-electron chi connectivity index (χ0n) is 50.2. The van der Waals surface area contributed by atoms with Gasteiger partial charge in [0.05, 0.1) is 137 Å². The molecule has 3 atom stereocenters. The first-order valence-electron chi connectivity index (χ1n) is 29.5. The summed E-state index contributed by atoms with van der Waals surface area (Å²) in [7, 11) is 0. The molecule has 31 nitrogen and oxygen atoms in total. The number of carboxylic acids is 2. The number of ketones is 2. The standard InChI is InChI=1S/C57H89N11O20/c1-40(69)64-47(9-5-6-18-60-49(72)17-21-81-24-27-84-30-32-86-33-34-87-35-36-88-59)53(74)61-19-22-82-25-28-85-31-29-83-26-23-80-20-16-45(70)8-4-2-3-7-42(55(76)77)37-46(71)14-15-48(56(78)79)66-52(73)41-10-12-43(13-11-41)62-38-44-39-63-51-50(65-44)54(75)68-57(58)67-51/h10-13,39,42,47-48,62H,2-9,14-38,59H2,1H3,(H,60,72)(H,61,74)(H,64,69)(H,66,73)(H,76,77)(H,78,79)(H3,58,63,67,68,75)/t42-,47+,48+/m1/s1. The summed E-state index contributed by atoms with van der Waals surface area (Å²) >= 11 is 0. The molecule has 31 heteroatoms. The lowest BCUT2D eigenvalue weighted by atomic mass is 9.93. The predicted molar refractivity (Wildman–Crippen MR) is 317 cm³/mol. The van der Waals surface area contributed by atoms with Crippen LogP contribution in [0.5, 0.6) is 0 Å². The first-order chi connectivity index (χ1) is 42.6. The number of nitrogens with one attached hydrogen (secondary N) is 6. The number of nitrogens with two attached hydrogens (primary N) is 2. The maximum Gasteiger partial charge on any atom is 0.326 e. The molecule has 3 rings (SSSR count). The van der Waals surface area contributed by atoms with Gasteiger partial charge in [-0.2, -0.15) is 4.98 Å². The van der Waals surface area contributed by atoms with Crippen LogP contribution in [0.1, 0.15) is 106 Å². The highest BCUT2D eigenvalue weighted by Crippen LogP contribution is 2.18. The van der Waals surface area contributed by atoms with Crippen LogP contribution >= 0.6 is 0 Å². The number of aromatic nitrogens is 4. The van der Waals surface area contributed by atoms with Crippen molar-refractivity contribution in [1.82, 2.24) is 41.2 Å². The number of carboxylic acid groups (broad SMARTS) is 2. The Kier molecular flexibility index (Phi) is 40.0. The summed E-state index contributed by atoms with van der Waals surface area (Å²) < 4.78 is 43.5. The van der Waals surface area contributed by atoms with Gasteiger partial charge in [0.25, 0.3) is 11.5 Å².